The molecule has 0 bridgehead atoms. The Morgan fingerprint density at radius 2 is 2.13 bits per heavy atom. The molecule has 0 atom stereocenters. The third kappa shape index (κ3) is 2.73. The molecule has 0 unspecified atom stereocenters. The Kier molecular flexibility index (Phi) is 2.69. The van der Waals surface area contributed by atoms with Crippen molar-refractivity contribution in [3.8, 4) is 0 Å². The molecule has 15 heavy (non-hydrogen) atoms. The zero-order valence-electron chi connectivity index (χ0n) is 7.08. The summed E-state index contributed by atoms with van der Waals surface area (Å²) in [5.41, 5.74) is -1.10. The normalized spacial score (nSPS) is 11.1. The molecule has 0 spiro atoms. The van der Waals surface area contributed by atoms with Gasteiger partial charge in [0, 0.05) is 6.07 Å². The third-order valence-electron chi connectivity index (χ3n) is 1.48. The average molecular weight is 222 g/mol. The zero-order valence-corrected chi connectivity index (χ0v) is 7.08. The maximum absolute atomic E-state index is 12.2. The molecule has 1 amide bonds. The number of aromatic nitrogens is 1. The fourth-order valence-electron chi connectivity index (χ4n) is 0.864. The van der Waals surface area contributed by atoms with Crippen molar-refractivity contribution in [1.82, 2.24) is 0 Å². The molecule has 0 saturated heterocycles. The van der Waals surface area contributed by atoms with Crippen molar-refractivity contribution in [2.75, 3.05) is 5.32 Å². The topological polar surface area (TPSA) is 76.3 Å². The quantitative estimate of drug-likeness (QED) is 0.557. The Morgan fingerprint density at radius 3 is 2.60 bits per heavy atom. The first-order chi connectivity index (χ1) is 6.80. The number of nitrogens with one attached hydrogen (secondary N) is 1. The van der Waals surface area contributed by atoms with Crippen molar-refractivity contribution in [2.45, 2.75) is 6.18 Å². The highest BCUT2D eigenvalue weighted by atomic mass is 19.4. The summed E-state index contributed by atoms with van der Waals surface area (Å²) in [6, 6.07) is 0.973. The molecule has 0 radical (unpaired) electrons. The van der Waals surface area contributed by atoms with Gasteiger partial charge in [-0.15, -0.1) is 0 Å². The summed E-state index contributed by atoms with van der Waals surface area (Å²) < 4.78 is 36.4. The average Bonchev–Trinajstić information content (AvgIpc) is 2.06. The monoisotopic (exact) mass is 222 g/mol. The SMILES string of the molecule is O=C(O)Nc1cc(C(F)(F)F)cc[n+]1[O-]. The van der Waals surface area contributed by atoms with Gasteiger partial charge in [-0.25, -0.2) is 4.73 Å². The van der Waals surface area contributed by atoms with E-state index in [0.717, 1.165) is 0 Å². The van der Waals surface area contributed by atoms with Crippen LogP contribution in [0.15, 0.2) is 18.3 Å². The minimum atomic E-state index is -4.62. The van der Waals surface area contributed by atoms with Crippen molar-refractivity contribution in [2.24, 2.45) is 0 Å². The summed E-state index contributed by atoms with van der Waals surface area (Å²) in [5, 5.41) is 20.7. The van der Waals surface area contributed by atoms with E-state index in [4.69, 9.17) is 5.11 Å². The number of alkyl halides is 3. The van der Waals surface area contributed by atoms with Gasteiger partial charge in [0.2, 0.25) is 0 Å². The van der Waals surface area contributed by atoms with Gasteiger partial charge in [0.25, 0.3) is 5.82 Å². The summed E-state index contributed by atoms with van der Waals surface area (Å²) in [6.45, 7) is 0. The molecule has 5 nitrogen and oxygen atoms in total. The van der Waals surface area contributed by atoms with E-state index >= 15 is 0 Å². The van der Waals surface area contributed by atoms with Gasteiger partial charge < -0.3 is 10.3 Å². The number of carboxylic acid groups (broad SMARTS) is 1. The van der Waals surface area contributed by atoms with Crippen LogP contribution in [0.5, 0.6) is 0 Å². The lowest BCUT2D eigenvalue weighted by Gasteiger charge is -2.10. The predicted molar refractivity (Wildman–Crippen MR) is 42.1 cm³/mol. The second-order valence-corrected chi connectivity index (χ2v) is 2.55. The Hall–Kier alpha value is -1.99. The fraction of sp³-hybridized carbons (Fsp3) is 0.143. The van der Waals surface area contributed by atoms with Gasteiger partial charge >= 0.3 is 12.3 Å². The number of pyridine rings is 1. The maximum atomic E-state index is 12.2. The Balaban J connectivity index is 3.11. The smallest absolute Gasteiger partial charge is 0.502 e. The van der Waals surface area contributed by atoms with E-state index in [1.54, 1.807) is 5.32 Å². The molecule has 1 aromatic rings. The highest BCUT2D eigenvalue weighted by Gasteiger charge is 2.32. The van der Waals surface area contributed by atoms with Gasteiger partial charge in [-0.2, -0.15) is 23.3 Å². The Morgan fingerprint density at radius 1 is 1.53 bits per heavy atom. The molecule has 2 N–H and O–H groups in total. The summed E-state index contributed by atoms with van der Waals surface area (Å²) in [5.74, 6) is -0.697. The van der Waals surface area contributed by atoms with E-state index < -0.39 is 23.7 Å². The van der Waals surface area contributed by atoms with Crippen molar-refractivity contribution in [1.29, 1.82) is 0 Å². The highest BCUT2D eigenvalue weighted by Crippen LogP contribution is 2.29. The van der Waals surface area contributed by atoms with E-state index in [9.17, 15) is 23.2 Å². The van der Waals surface area contributed by atoms with Crippen molar-refractivity contribution < 1.29 is 27.8 Å². The summed E-state index contributed by atoms with van der Waals surface area (Å²) in [6.07, 6.45) is -5.66. The lowest BCUT2D eigenvalue weighted by molar-refractivity contribution is -0.590. The van der Waals surface area contributed by atoms with Crippen molar-refractivity contribution >= 4 is 11.9 Å². The number of amides is 1. The minimum absolute atomic E-state index is 0.0106. The Bertz CT molecular complexity index is 392. The van der Waals surface area contributed by atoms with E-state index in [1.165, 1.54) is 0 Å². The van der Waals surface area contributed by atoms with E-state index in [2.05, 4.69) is 0 Å². The first-order valence-corrected chi connectivity index (χ1v) is 3.61. The highest BCUT2D eigenvalue weighted by molar-refractivity contribution is 5.80. The fourth-order valence-corrected chi connectivity index (χ4v) is 0.864. The van der Waals surface area contributed by atoms with Crippen LogP contribution in [-0.4, -0.2) is 11.2 Å². The zero-order chi connectivity index (χ0) is 11.6. The van der Waals surface area contributed by atoms with Crippen LogP contribution >= 0.6 is 0 Å². The molecule has 0 fully saturated rings. The van der Waals surface area contributed by atoms with Gasteiger partial charge in [-0.1, -0.05) is 0 Å². The van der Waals surface area contributed by atoms with Gasteiger partial charge in [-0.3, -0.25) is 0 Å². The van der Waals surface area contributed by atoms with Crippen LogP contribution in [0.4, 0.5) is 23.8 Å². The van der Waals surface area contributed by atoms with Gasteiger partial charge in [0.05, 0.1) is 11.8 Å². The van der Waals surface area contributed by atoms with Crippen molar-refractivity contribution in [3.63, 3.8) is 0 Å². The molecular weight excluding hydrogens is 217 g/mol. The number of carbonyl (C=O) groups is 1. The van der Waals surface area contributed by atoms with Crippen molar-refractivity contribution in [3.05, 3.63) is 29.1 Å². The number of rotatable bonds is 1. The molecule has 0 aliphatic rings. The molecular formula is C7H5F3N2O3. The lowest BCUT2D eigenvalue weighted by Crippen LogP contribution is -2.32. The minimum Gasteiger partial charge on any atom is -0.711 e. The number of halogens is 3. The Labute approximate surface area is 81.3 Å². The van der Waals surface area contributed by atoms with E-state index in [1.807, 2.05) is 0 Å². The molecule has 1 heterocycles. The molecule has 0 aromatic carbocycles. The molecule has 1 aromatic heterocycles. The molecule has 8 heteroatoms. The molecule has 1 rings (SSSR count). The number of nitrogens with zero attached hydrogens (tertiary/aromatic N) is 1. The second-order valence-electron chi connectivity index (χ2n) is 2.55. The van der Waals surface area contributed by atoms with Crippen LogP contribution in [0, 0.1) is 5.21 Å². The van der Waals surface area contributed by atoms with Crippen LogP contribution < -0.4 is 10.0 Å². The summed E-state index contributed by atoms with van der Waals surface area (Å²) in [7, 11) is 0. The molecule has 0 aliphatic heterocycles. The first kappa shape index (κ1) is 11.1. The molecule has 0 aliphatic carbocycles. The lowest BCUT2D eigenvalue weighted by atomic mass is 10.2. The maximum Gasteiger partial charge on any atom is 0.502 e. The van der Waals surface area contributed by atoms with E-state index in [-0.39, 0.29) is 4.73 Å². The first-order valence-electron chi connectivity index (χ1n) is 3.61. The number of anilines is 1. The summed E-state index contributed by atoms with van der Waals surface area (Å²) in [4.78, 5) is 10.1. The number of hydrogen-bond acceptors (Lipinski definition) is 2. The van der Waals surface area contributed by atoms with Crippen LogP contribution in [-0.2, 0) is 6.18 Å². The van der Waals surface area contributed by atoms with Gasteiger partial charge in [0.1, 0.15) is 0 Å². The van der Waals surface area contributed by atoms with Crippen LogP contribution in [0.25, 0.3) is 0 Å². The number of hydrogen-bond donors (Lipinski definition) is 2. The third-order valence-corrected chi connectivity index (χ3v) is 1.48. The van der Waals surface area contributed by atoms with Crippen LogP contribution in [0.2, 0.25) is 0 Å². The second kappa shape index (κ2) is 3.64. The van der Waals surface area contributed by atoms with Crippen LogP contribution in [0.3, 0.4) is 0 Å². The molecule has 0 saturated carbocycles. The standard InChI is InChI=1S/C7H5F3N2O3/c8-7(9,10)4-1-2-12(15)5(3-4)11-6(13)14/h1-3,11H,(H,13,14). The van der Waals surface area contributed by atoms with Gasteiger partial charge in [0.15, 0.2) is 0 Å². The molecule has 82 valence electrons. The summed E-state index contributed by atoms with van der Waals surface area (Å²) >= 11 is 0. The van der Waals surface area contributed by atoms with Crippen LogP contribution in [0.1, 0.15) is 5.56 Å². The van der Waals surface area contributed by atoms with Gasteiger partial charge in [-0.05, 0) is 6.07 Å². The van der Waals surface area contributed by atoms with E-state index in [0.29, 0.717) is 18.3 Å². The largest absolute Gasteiger partial charge is 0.711 e. The predicted octanol–water partition coefficient (Wildman–Crippen LogP) is 1.43.